The molecule has 2 heterocycles. The molecule has 4 nitrogen and oxygen atoms in total. The zero-order valence-corrected chi connectivity index (χ0v) is 11.4. The summed E-state index contributed by atoms with van der Waals surface area (Å²) in [4.78, 5) is 1.89. The van der Waals surface area contributed by atoms with Crippen LogP contribution in [0.3, 0.4) is 0 Å². The molecular weight excluding hydrogens is 248 g/mol. The molecule has 0 atom stereocenters. The van der Waals surface area contributed by atoms with Crippen molar-refractivity contribution in [3.8, 4) is 17.3 Å². The second kappa shape index (κ2) is 4.39. The van der Waals surface area contributed by atoms with Gasteiger partial charge in [-0.1, -0.05) is 30.3 Å². The van der Waals surface area contributed by atoms with Gasteiger partial charge < -0.3 is 4.90 Å². The highest BCUT2D eigenvalue weighted by atomic mass is 15.2. The van der Waals surface area contributed by atoms with Gasteiger partial charge in [0.25, 0.3) is 0 Å². The maximum atomic E-state index is 9.32. The molecule has 1 aliphatic heterocycles. The number of hydrogen-bond acceptors (Lipinski definition) is 3. The molecule has 1 aliphatic rings. The summed E-state index contributed by atoms with van der Waals surface area (Å²) in [6, 6.07) is 16.0. The Hall–Kier alpha value is -2.80. The highest BCUT2D eigenvalue weighted by Crippen LogP contribution is 2.34. The molecule has 0 aliphatic carbocycles. The molecule has 0 fully saturated rings. The maximum absolute atomic E-state index is 9.32. The minimum atomic E-state index is 0.245. The minimum Gasteiger partial charge on any atom is -0.375 e. The van der Waals surface area contributed by atoms with Gasteiger partial charge in [0.15, 0.2) is 0 Å². The van der Waals surface area contributed by atoms with Gasteiger partial charge in [-0.2, -0.15) is 5.26 Å². The number of nitrogens with one attached hydrogen (secondary N) is 1. The van der Waals surface area contributed by atoms with Crippen molar-refractivity contribution in [2.24, 2.45) is 0 Å². The molecule has 0 saturated carbocycles. The SMILES string of the molecule is CN(C)C1=C(C#N)C(=N)n2c1ccc2-c1ccccc1. The number of rotatable bonds is 2. The van der Waals surface area contributed by atoms with Crippen LogP contribution in [-0.4, -0.2) is 29.4 Å². The Bertz CT molecular complexity index is 758. The number of benzene rings is 1. The summed E-state index contributed by atoms with van der Waals surface area (Å²) in [5.74, 6) is 0.245. The normalized spacial score (nSPS) is 13.3. The lowest BCUT2D eigenvalue weighted by Gasteiger charge is -2.13. The van der Waals surface area contributed by atoms with Crippen molar-refractivity contribution in [2.75, 3.05) is 14.1 Å². The van der Waals surface area contributed by atoms with Crippen LogP contribution in [0, 0.1) is 16.7 Å². The van der Waals surface area contributed by atoms with Crippen molar-refractivity contribution in [3.05, 3.63) is 53.7 Å². The van der Waals surface area contributed by atoms with Crippen LogP contribution >= 0.6 is 0 Å². The van der Waals surface area contributed by atoms with Crippen LogP contribution in [0.5, 0.6) is 0 Å². The molecule has 1 aromatic heterocycles. The molecular formula is C16H14N4. The summed E-state index contributed by atoms with van der Waals surface area (Å²) in [7, 11) is 3.79. The minimum absolute atomic E-state index is 0.245. The first-order chi connectivity index (χ1) is 9.65. The first kappa shape index (κ1) is 12.2. The van der Waals surface area contributed by atoms with Gasteiger partial charge in [0, 0.05) is 14.1 Å². The first-order valence-corrected chi connectivity index (χ1v) is 6.33. The van der Waals surface area contributed by atoms with Crippen LogP contribution in [-0.2, 0) is 0 Å². The number of fused-ring (bicyclic) bond motifs is 1. The van der Waals surface area contributed by atoms with Crippen LogP contribution in [0.25, 0.3) is 17.0 Å². The molecule has 20 heavy (non-hydrogen) atoms. The van der Waals surface area contributed by atoms with Crippen molar-refractivity contribution in [1.82, 2.24) is 9.47 Å². The second-order valence-corrected chi connectivity index (χ2v) is 4.88. The monoisotopic (exact) mass is 262 g/mol. The molecule has 0 bridgehead atoms. The highest BCUT2D eigenvalue weighted by molar-refractivity contribution is 6.14. The Labute approximate surface area is 117 Å². The van der Waals surface area contributed by atoms with E-state index >= 15 is 0 Å². The molecule has 0 spiro atoms. The number of nitrogens with zero attached hydrogens (tertiary/aromatic N) is 3. The fraction of sp³-hybridized carbons (Fsp3) is 0.125. The van der Waals surface area contributed by atoms with Gasteiger partial charge in [-0.05, 0) is 17.7 Å². The van der Waals surface area contributed by atoms with Gasteiger partial charge in [0.05, 0.1) is 17.1 Å². The van der Waals surface area contributed by atoms with Crippen molar-refractivity contribution < 1.29 is 0 Å². The number of allylic oxidation sites excluding steroid dienone is 1. The predicted molar refractivity (Wildman–Crippen MR) is 79.2 cm³/mol. The van der Waals surface area contributed by atoms with Crippen LogP contribution in [0.15, 0.2) is 48.0 Å². The van der Waals surface area contributed by atoms with Crippen molar-refractivity contribution >= 4 is 11.5 Å². The first-order valence-electron chi connectivity index (χ1n) is 6.33. The molecule has 0 saturated heterocycles. The summed E-state index contributed by atoms with van der Waals surface area (Å²) in [5, 5.41) is 17.6. The Morgan fingerprint density at radius 1 is 1.05 bits per heavy atom. The topological polar surface area (TPSA) is 55.8 Å². The van der Waals surface area contributed by atoms with Crippen molar-refractivity contribution in [2.45, 2.75) is 0 Å². The quantitative estimate of drug-likeness (QED) is 0.904. The number of aromatic nitrogens is 1. The summed E-state index contributed by atoms with van der Waals surface area (Å²) < 4.78 is 1.84. The molecule has 0 radical (unpaired) electrons. The summed E-state index contributed by atoms with van der Waals surface area (Å²) in [5.41, 5.74) is 4.11. The van der Waals surface area contributed by atoms with Gasteiger partial charge in [-0.25, -0.2) is 0 Å². The Kier molecular flexibility index (Phi) is 2.69. The molecule has 1 N–H and O–H groups in total. The Morgan fingerprint density at radius 3 is 2.30 bits per heavy atom. The van der Waals surface area contributed by atoms with Gasteiger partial charge in [-0.3, -0.25) is 9.98 Å². The zero-order valence-electron chi connectivity index (χ0n) is 11.4. The van der Waals surface area contributed by atoms with E-state index in [0.717, 1.165) is 22.6 Å². The van der Waals surface area contributed by atoms with E-state index in [2.05, 4.69) is 6.07 Å². The van der Waals surface area contributed by atoms with Crippen LogP contribution in [0.2, 0.25) is 0 Å². The van der Waals surface area contributed by atoms with Crippen molar-refractivity contribution in [1.29, 1.82) is 10.7 Å². The van der Waals surface area contributed by atoms with Crippen LogP contribution in [0.4, 0.5) is 0 Å². The molecule has 98 valence electrons. The smallest absolute Gasteiger partial charge is 0.150 e. The van der Waals surface area contributed by atoms with E-state index in [-0.39, 0.29) is 5.84 Å². The van der Waals surface area contributed by atoms with E-state index in [1.165, 1.54) is 0 Å². The third kappa shape index (κ3) is 1.57. The summed E-state index contributed by atoms with van der Waals surface area (Å²) >= 11 is 0. The van der Waals surface area contributed by atoms with E-state index in [9.17, 15) is 5.26 Å². The van der Waals surface area contributed by atoms with Gasteiger partial charge >= 0.3 is 0 Å². The van der Waals surface area contributed by atoms with E-state index in [4.69, 9.17) is 5.41 Å². The Balaban J connectivity index is 2.22. The summed E-state index contributed by atoms with van der Waals surface area (Å²) in [6.07, 6.45) is 0. The third-order valence-electron chi connectivity index (χ3n) is 3.45. The number of hydrogen-bond donors (Lipinski definition) is 1. The lowest BCUT2D eigenvalue weighted by Crippen LogP contribution is -2.10. The lowest BCUT2D eigenvalue weighted by molar-refractivity contribution is 0.590. The fourth-order valence-corrected chi connectivity index (χ4v) is 2.61. The molecule has 2 aromatic rings. The molecule has 4 heteroatoms. The van der Waals surface area contributed by atoms with E-state index in [1.807, 2.05) is 66.0 Å². The third-order valence-corrected chi connectivity index (χ3v) is 3.45. The molecule has 3 rings (SSSR count). The average Bonchev–Trinajstić information content (AvgIpc) is 2.98. The fourth-order valence-electron chi connectivity index (χ4n) is 2.61. The number of nitriles is 1. The average molecular weight is 262 g/mol. The lowest BCUT2D eigenvalue weighted by atomic mass is 10.1. The van der Waals surface area contributed by atoms with Gasteiger partial charge in [0.2, 0.25) is 0 Å². The van der Waals surface area contributed by atoms with Crippen molar-refractivity contribution in [3.63, 3.8) is 0 Å². The van der Waals surface area contributed by atoms with E-state index < -0.39 is 0 Å². The standard InChI is InChI=1S/C16H14N4/c1-19(2)15-12(10-17)16(18)20-13(8-9-14(15)20)11-6-4-3-5-7-11/h3-9,18H,1-2H3. The predicted octanol–water partition coefficient (Wildman–Crippen LogP) is 2.79. The van der Waals surface area contributed by atoms with Gasteiger partial charge in [0.1, 0.15) is 17.5 Å². The summed E-state index contributed by atoms with van der Waals surface area (Å²) in [6.45, 7) is 0. The molecule has 0 amide bonds. The second-order valence-electron chi connectivity index (χ2n) is 4.88. The maximum Gasteiger partial charge on any atom is 0.150 e. The Morgan fingerprint density at radius 2 is 1.70 bits per heavy atom. The molecule has 0 unspecified atom stereocenters. The highest BCUT2D eigenvalue weighted by Gasteiger charge is 2.30. The van der Waals surface area contributed by atoms with Crippen LogP contribution in [0.1, 0.15) is 5.69 Å². The van der Waals surface area contributed by atoms with Crippen LogP contribution < -0.4 is 0 Å². The molecule has 1 aromatic carbocycles. The zero-order chi connectivity index (χ0) is 14.3. The van der Waals surface area contributed by atoms with E-state index in [1.54, 1.807) is 0 Å². The van der Waals surface area contributed by atoms with E-state index in [0.29, 0.717) is 5.57 Å². The largest absolute Gasteiger partial charge is 0.375 e. The van der Waals surface area contributed by atoms with Gasteiger partial charge in [-0.15, -0.1) is 0 Å².